The first-order valence-corrected chi connectivity index (χ1v) is 4.98. The van der Waals surface area contributed by atoms with Crippen molar-refractivity contribution in [3.8, 4) is 0 Å². The number of carbonyl (C=O) groups is 2. The van der Waals surface area contributed by atoms with Gasteiger partial charge in [0, 0.05) is 5.56 Å². The van der Waals surface area contributed by atoms with Crippen molar-refractivity contribution in [2.75, 3.05) is 7.11 Å². The maximum absolute atomic E-state index is 12.6. The largest absolute Gasteiger partial charge is 0.465 e. The van der Waals surface area contributed by atoms with Gasteiger partial charge in [-0.2, -0.15) is 0 Å². The average molecular weight is 275 g/mol. The Hall–Kier alpha value is -1.23. The minimum atomic E-state index is -1.72. The van der Waals surface area contributed by atoms with Crippen LogP contribution in [0.5, 0.6) is 0 Å². The number of hydrogen-bond donors (Lipinski definition) is 0. The molecule has 0 amide bonds. The predicted octanol–water partition coefficient (Wildman–Crippen LogP) is 2.35. The fraction of sp³-hybridized carbons (Fsp3) is 0.200. The van der Waals surface area contributed by atoms with Gasteiger partial charge >= 0.3 is 5.97 Å². The zero-order chi connectivity index (χ0) is 11.4. The van der Waals surface area contributed by atoms with Crippen molar-refractivity contribution in [2.45, 2.75) is 5.08 Å². The predicted molar refractivity (Wildman–Crippen MR) is 55.9 cm³/mol. The summed E-state index contributed by atoms with van der Waals surface area (Å²) >= 11 is 2.53. The molecule has 0 bridgehead atoms. The summed E-state index contributed by atoms with van der Waals surface area (Å²) < 4.78 is 17.1. The Kier molecular flexibility index (Phi) is 3.96. The van der Waals surface area contributed by atoms with E-state index >= 15 is 0 Å². The Balaban J connectivity index is 2.90. The van der Waals surface area contributed by atoms with Crippen LogP contribution in [-0.2, 0) is 4.74 Å². The lowest BCUT2D eigenvalue weighted by atomic mass is 10.1. The van der Waals surface area contributed by atoms with Gasteiger partial charge in [0.05, 0.1) is 12.7 Å². The lowest BCUT2D eigenvalue weighted by Gasteiger charge is -2.02. The Labute approximate surface area is 94.4 Å². The highest BCUT2D eigenvalue weighted by Crippen LogP contribution is 2.12. The van der Waals surface area contributed by atoms with E-state index < -0.39 is 16.8 Å². The fourth-order valence-electron chi connectivity index (χ4n) is 1.01. The normalized spacial score (nSPS) is 11.9. The van der Waals surface area contributed by atoms with Crippen LogP contribution >= 0.6 is 15.9 Å². The van der Waals surface area contributed by atoms with E-state index in [1.165, 1.54) is 31.4 Å². The highest BCUT2D eigenvalue weighted by Gasteiger charge is 2.15. The molecule has 0 aromatic heterocycles. The number of benzene rings is 1. The summed E-state index contributed by atoms with van der Waals surface area (Å²) in [5, 5.41) is -1.72. The van der Waals surface area contributed by atoms with Gasteiger partial charge in [-0.25, -0.2) is 9.18 Å². The molecule has 0 fully saturated rings. The number of ether oxygens (including phenoxy) is 1. The van der Waals surface area contributed by atoms with Crippen molar-refractivity contribution < 1.29 is 18.7 Å². The van der Waals surface area contributed by atoms with Crippen LogP contribution in [0.1, 0.15) is 20.7 Å². The number of methoxy groups -OCH3 is 1. The molecule has 0 aliphatic heterocycles. The minimum absolute atomic E-state index is 0.201. The summed E-state index contributed by atoms with van der Waals surface area (Å²) in [5.41, 5.74) is 0.519. The highest BCUT2D eigenvalue weighted by atomic mass is 79.9. The molecule has 15 heavy (non-hydrogen) atoms. The third kappa shape index (κ3) is 2.86. The number of carbonyl (C=O) groups excluding carboxylic acids is 2. The van der Waals surface area contributed by atoms with Crippen LogP contribution < -0.4 is 0 Å². The second-order valence-electron chi connectivity index (χ2n) is 2.73. The van der Waals surface area contributed by atoms with E-state index in [1.807, 2.05) is 0 Å². The zero-order valence-corrected chi connectivity index (χ0v) is 9.45. The average Bonchev–Trinajstić information content (AvgIpc) is 2.27. The van der Waals surface area contributed by atoms with Gasteiger partial charge in [0.15, 0.2) is 0 Å². The first kappa shape index (κ1) is 11.8. The van der Waals surface area contributed by atoms with Crippen molar-refractivity contribution in [2.24, 2.45) is 0 Å². The van der Waals surface area contributed by atoms with E-state index in [2.05, 4.69) is 20.7 Å². The number of Topliss-reactive ketones (excluding diaryl/α,β-unsaturated/α-hetero) is 1. The molecule has 1 aromatic carbocycles. The van der Waals surface area contributed by atoms with Crippen LogP contribution in [0.15, 0.2) is 24.3 Å². The SMILES string of the molecule is COC(=O)c1ccc(C(=O)C(F)Br)cc1. The standard InChI is InChI=1S/C10H8BrFO3/c1-15-10(14)7-4-2-6(3-5-7)8(13)9(11)12/h2-5,9H,1H3. The van der Waals surface area contributed by atoms with Crippen LogP contribution in [-0.4, -0.2) is 23.9 Å². The Morgan fingerprint density at radius 2 is 1.73 bits per heavy atom. The molecule has 0 saturated carbocycles. The first-order valence-electron chi connectivity index (χ1n) is 4.07. The molecule has 0 spiro atoms. The van der Waals surface area contributed by atoms with E-state index in [0.717, 1.165) is 0 Å². The topological polar surface area (TPSA) is 43.4 Å². The van der Waals surface area contributed by atoms with Gasteiger partial charge in [-0.1, -0.05) is 12.1 Å². The summed E-state index contributed by atoms with van der Waals surface area (Å²) in [4.78, 5) is 22.2. The van der Waals surface area contributed by atoms with Gasteiger partial charge in [0.25, 0.3) is 0 Å². The molecule has 0 radical (unpaired) electrons. The van der Waals surface area contributed by atoms with Crippen LogP contribution in [0.3, 0.4) is 0 Å². The third-order valence-electron chi connectivity index (χ3n) is 1.79. The molecule has 1 aromatic rings. The van der Waals surface area contributed by atoms with Crippen molar-refractivity contribution in [3.63, 3.8) is 0 Å². The molecule has 5 heteroatoms. The van der Waals surface area contributed by atoms with E-state index in [4.69, 9.17) is 0 Å². The van der Waals surface area contributed by atoms with Gasteiger partial charge in [0.2, 0.25) is 10.9 Å². The van der Waals surface area contributed by atoms with E-state index in [9.17, 15) is 14.0 Å². The number of alkyl halides is 2. The minimum Gasteiger partial charge on any atom is -0.465 e. The number of esters is 1. The monoisotopic (exact) mass is 274 g/mol. The highest BCUT2D eigenvalue weighted by molar-refractivity contribution is 9.09. The lowest BCUT2D eigenvalue weighted by Crippen LogP contribution is -2.09. The van der Waals surface area contributed by atoms with Crippen molar-refractivity contribution in [3.05, 3.63) is 35.4 Å². The Morgan fingerprint density at radius 3 is 2.13 bits per heavy atom. The molecule has 0 heterocycles. The zero-order valence-electron chi connectivity index (χ0n) is 7.87. The summed E-state index contributed by atoms with van der Waals surface area (Å²) in [5.74, 6) is -1.17. The van der Waals surface area contributed by atoms with Crippen molar-refractivity contribution in [1.29, 1.82) is 0 Å². The Bertz CT molecular complexity index is 373. The smallest absolute Gasteiger partial charge is 0.337 e. The van der Waals surface area contributed by atoms with Crippen LogP contribution in [0.4, 0.5) is 4.39 Å². The summed E-state index contributed by atoms with van der Waals surface area (Å²) in [6.07, 6.45) is 0. The lowest BCUT2D eigenvalue weighted by molar-refractivity contribution is 0.0600. The molecule has 80 valence electrons. The molecule has 3 nitrogen and oxygen atoms in total. The van der Waals surface area contributed by atoms with Gasteiger partial charge in [-0.15, -0.1) is 0 Å². The molecular weight excluding hydrogens is 267 g/mol. The summed E-state index contributed by atoms with van der Waals surface area (Å²) in [7, 11) is 1.26. The quantitative estimate of drug-likeness (QED) is 0.483. The maximum Gasteiger partial charge on any atom is 0.337 e. The van der Waals surface area contributed by atoms with Crippen molar-refractivity contribution in [1.82, 2.24) is 0 Å². The molecule has 0 aliphatic rings. The second-order valence-corrected chi connectivity index (χ2v) is 3.54. The Morgan fingerprint density at radius 1 is 1.27 bits per heavy atom. The molecule has 0 saturated heterocycles. The van der Waals surface area contributed by atoms with Crippen molar-refractivity contribution >= 4 is 27.7 Å². The number of halogens is 2. The molecule has 1 rings (SSSR count). The maximum atomic E-state index is 12.6. The summed E-state index contributed by atoms with van der Waals surface area (Å²) in [6, 6.07) is 5.58. The van der Waals surface area contributed by atoms with Gasteiger partial charge in [-0.3, -0.25) is 4.79 Å². The molecular formula is C10H8BrFO3. The van der Waals surface area contributed by atoms with Crippen LogP contribution in [0, 0.1) is 0 Å². The molecule has 1 atom stereocenters. The molecule has 0 N–H and O–H groups in total. The van der Waals surface area contributed by atoms with E-state index in [-0.39, 0.29) is 5.56 Å². The van der Waals surface area contributed by atoms with E-state index in [0.29, 0.717) is 5.56 Å². The number of ketones is 1. The number of hydrogen-bond acceptors (Lipinski definition) is 3. The number of rotatable bonds is 3. The van der Waals surface area contributed by atoms with Crippen LogP contribution in [0.25, 0.3) is 0 Å². The fourth-order valence-corrected chi connectivity index (χ4v) is 1.28. The van der Waals surface area contributed by atoms with Gasteiger partial charge < -0.3 is 4.74 Å². The molecule has 0 aliphatic carbocycles. The molecule has 1 unspecified atom stereocenters. The first-order chi connectivity index (χ1) is 7.06. The second kappa shape index (κ2) is 5.02. The van der Waals surface area contributed by atoms with Crippen LogP contribution in [0.2, 0.25) is 0 Å². The van der Waals surface area contributed by atoms with E-state index in [1.54, 1.807) is 0 Å². The summed E-state index contributed by atoms with van der Waals surface area (Å²) in [6.45, 7) is 0. The van der Waals surface area contributed by atoms with Gasteiger partial charge in [0.1, 0.15) is 0 Å². The third-order valence-corrected chi connectivity index (χ3v) is 2.20. The van der Waals surface area contributed by atoms with Gasteiger partial charge in [-0.05, 0) is 28.1 Å².